The van der Waals surface area contributed by atoms with Crippen LogP contribution in [0.3, 0.4) is 0 Å². The van der Waals surface area contributed by atoms with Crippen LogP contribution in [-0.4, -0.2) is 26.6 Å². The number of carbonyl (C=O) groups excluding carboxylic acids is 2. The molecule has 2 aromatic heterocycles. The monoisotopic (exact) mass is 421 g/mol. The van der Waals surface area contributed by atoms with Gasteiger partial charge in [-0.15, -0.1) is 0 Å². The fraction of sp³-hybridized carbons (Fsp3) is 0.190. The summed E-state index contributed by atoms with van der Waals surface area (Å²) < 4.78 is 1.98. The van der Waals surface area contributed by atoms with Gasteiger partial charge >= 0.3 is 0 Å². The number of aromatic nitrogens is 3. The molecule has 0 aliphatic rings. The van der Waals surface area contributed by atoms with Crippen molar-refractivity contribution in [2.24, 2.45) is 0 Å². The fourth-order valence-corrected chi connectivity index (χ4v) is 3.96. The van der Waals surface area contributed by atoms with Gasteiger partial charge < -0.3 is 10.6 Å². The van der Waals surface area contributed by atoms with Crippen molar-refractivity contribution in [3.05, 3.63) is 59.0 Å². The summed E-state index contributed by atoms with van der Waals surface area (Å²) >= 11 is 1.34. The standard InChI is InChI=1S/C21H19N5O3S/c1-2-5-18(27)25-21-24-16-9-8-14(10-17(16)30-21)23-19(28)12-26-20(29)15-7-4-3-6-13(15)11-22-26/h3-4,6-11H,2,5,12H2,1H3,(H,23,28)(H,24,25,27). The summed E-state index contributed by atoms with van der Waals surface area (Å²) in [6, 6.07) is 12.4. The Hall–Kier alpha value is -3.59. The van der Waals surface area contributed by atoms with E-state index in [9.17, 15) is 14.4 Å². The number of benzene rings is 2. The van der Waals surface area contributed by atoms with E-state index in [0.29, 0.717) is 22.6 Å². The van der Waals surface area contributed by atoms with Gasteiger partial charge in [-0.25, -0.2) is 9.67 Å². The van der Waals surface area contributed by atoms with E-state index in [2.05, 4.69) is 20.7 Å². The summed E-state index contributed by atoms with van der Waals surface area (Å²) in [5.41, 5.74) is 1.00. The summed E-state index contributed by atoms with van der Waals surface area (Å²) in [5, 5.41) is 11.4. The smallest absolute Gasteiger partial charge is 0.275 e. The summed E-state index contributed by atoms with van der Waals surface area (Å²) in [4.78, 5) is 41.1. The fourth-order valence-electron chi connectivity index (χ4n) is 3.04. The number of nitrogens with one attached hydrogen (secondary N) is 2. The van der Waals surface area contributed by atoms with Gasteiger partial charge in [-0.3, -0.25) is 14.4 Å². The Kier molecular flexibility index (Phi) is 5.53. The second-order valence-electron chi connectivity index (χ2n) is 6.74. The van der Waals surface area contributed by atoms with Crippen molar-refractivity contribution in [3.63, 3.8) is 0 Å². The zero-order valence-corrected chi connectivity index (χ0v) is 17.0. The maximum atomic E-state index is 12.5. The number of thiazole rings is 1. The average Bonchev–Trinajstić information content (AvgIpc) is 3.12. The first-order chi connectivity index (χ1) is 14.5. The summed E-state index contributed by atoms with van der Waals surface area (Å²) in [5.74, 6) is -0.432. The molecule has 4 aromatic rings. The lowest BCUT2D eigenvalue weighted by Crippen LogP contribution is -2.29. The molecule has 2 aromatic carbocycles. The molecular weight excluding hydrogens is 402 g/mol. The van der Waals surface area contributed by atoms with E-state index in [0.717, 1.165) is 26.7 Å². The number of hydrogen-bond donors (Lipinski definition) is 2. The number of fused-ring (bicyclic) bond motifs is 2. The van der Waals surface area contributed by atoms with Gasteiger partial charge in [0, 0.05) is 17.5 Å². The van der Waals surface area contributed by atoms with Crippen LogP contribution in [0.2, 0.25) is 0 Å². The molecule has 0 fully saturated rings. The maximum Gasteiger partial charge on any atom is 0.275 e. The molecule has 0 radical (unpaired) electrons. The van der Waals surface area contributed by atoms with Crippen LogP contribution in [0.5, 0.6) is 0 Å². The Bertz CT molecular complexity index is 1310. The van der Waals surface area contributed by atoms with Crippen LogP contribution in [0.1, 0.15) is 19.8 Å². The summed E-state index contributed by atoms with van der Waals surface area (Å²) in [7, 11) is 0. The molecule has 2 amide bonds. The molecule has 0 bridgehead atoms. The molecule has 2 N–H and O–H groups in total. The summed E-state index contributed by atoms with van der Waals surface area (Å²) in [6.45, 7) is 1.75. The van der Waals surface area contributed by atoms with E-state index in [1.807, 2.05) is 13.0 Å². The van der Waals surface area contributed by atoms with E-state index >= 15 is 0 Å². The highest BCUT2D eigenvalue weighted by Crippen LogP contribution is 2.28. The number of anilines is 2. The highest BCUT2D eigenvalue weighted by Gasteiger charge is 2.11. The zero-order chi connectivity index (χ0) is 21.1. The molecule has 0 saturated carbocycles. The second kappa shape index (κ2) is 8.42. The Morgan fingerprint density at radius 1 is 1.10 bits per heavy atom. The largest absolute Gasteiger partial charge is 0.324 e. The van der Waals surface area contributed by atoms with Crippen molar-refractivity contribution in [2.75, 3.05) is 10.6 Å². The van der Waals surface area contributed by atoms with Crippen LogP contribution in [-0.2, 0) is 16.1 Å². The molecule has 0 atom stereocenters. The van der Waals surface area contributed by atoms with Crippen molar-refractivity contribution in [1.29, 1.82) is 0 Å². The molecule has 4 rings (SSSR count). The number of rotatable bonds is 6. The number of hydrogen-bond acceptors (Lipinski definition) is 6. The molecule has 0 unspecified atom stereocenters. The van der Waals surface area contributed by atoms with Gasteiger partial charge in [0.25, 0.3) is 5.56 Å². The average molecular weight is 421 g/mol. The van der Waals surface area contributed by atoms with Crippen LogP contribution in [0.4, 0.5) is 10.8 Å². The molecule has 152 valence electrons. The molecule has 0 aliphatic heterocycles. The lowest BCUT2D eigenvalue weighted by Gasteiger charge is -2.07. The molecule has 2 heterocycles. The summed E-state index contributed by atoms with van der Waals surface area (Å²) in [6.07, 6.45) is 2.78. The van der Waals surface area contributed by atoms with Crippen LogP contribution >= 0.6 is 11.3 Å². The quantitative estimate of drug-likeness (QED) is 0.496. The molecule has 0 spiro atoms. The van der Waals surface area contributed by atoms with Crippen LogP contribution in [0.15, 0.2) is 53.5 Å². The van der Waals surface area contributed by atoms with Crippen molar-refractivity contribution in [3.8, 4) is 0 Å². The predicted octanol–water partition coefficient (Wildman–Crippen LogP) is 3.38. The Labute approximate surface area is 175 Å². The Morgan fingerprint density at radius 2 is 1.93 bits per heavy atom. The van der Waals surface area contributed by atoms with Crippen molar-refractivity contribution < 1.29 is 9.59 Å². The van der Waals surface area contributed by atoms with Gasteiger partial charge in [0.2, 0.25) is 11.8 Å². The highest BCUT2D eigenvalue weighted by molar-refractivity contribution is 7.22. The molecule has 0 saturated heterocycles. The Balaban J connectivity index is 1.48. The third kappa shape index (κ3) is 4.20. The Morgan fingerprint density at radius 3 is 2.77 bits per heavy atom. The van der Waals surface area contributed by atoms with E-state index in [-0.39, 0.29) is 23.9 Å². The second-order valence-corrected chi connectivity index (χ2v) is 7.77. The van der Waals surface area contributed by atoms with Gasteiger partial charge in [-0.2, -0.15) is 5.10 Å². The van der Waals surface area contributed by atoms with Crippen LogP contribution < -0.4 is 16.2 Å². The molecule has 8 nitrogen and oxygen atoms in total. The van der Waals surface area contributed by atoms with Crippen molar-refractivity contribution in [1.82, 2.24) is 14.8 Å². The SMILES string of the molecule is CCCC(=O)Nc1nc2ccc(NC(=O)Cn3ncc4ccccc4c3=O)cc2s1. The molecule has 9 heteroatoms. The number of amides is 2. The lowest BCUT2D eigenvalue weighted by molar-refractivity contribution is -0.117. The van der Waals surface area contributed by atoms with E-state index in [1.165, 1.54) is 11.3 Å². The van der Waals surface area contributed by atoms with Gasteiger partial charge in [-0.05, 0) is 30.7 Å². The first-order valence-corrected chi connectivity index (χ1v) is 10.3. The third-order valence-electron chi connectivity index (χ3n) is 4.45. The molecular formula is C21H19N5O3S. The number of nitrogens with zero attached hydrogens (tertiary/aromatic N) is 3. The molecule has 30 heavy (non-hydrogen) atoms. The maximum absolute atomic E-state index is 12.5. The van der Waals surface area contributed by atoms with Gasteiger partial charge in [0.1, 0.15) is 6.54 Å². The van der Waals surface area contributed by atoms with Crippen molar-refractivity contribution >= 4 is 55.0 Å². The van der Waals surface area contributed by atoms with E-state index in [1.54, 1.807) is 42.6 Å². The normalized spacial score (nSPS) is 11.0. The third-order valence-corrected chi connectivity index (χ3v) is 5.38. The topological polar surface area (TPSA) is 106 Å². The van der Waals surface area contributed by atoms with E-state index in [4.69, 9.17) is 0 Å². The lowest BCUT2D eigenvalue weighted by atomic mass is 10.2. The number of carbonyl (C=O) groups is 2. The molecule has 0 aliphatic carbocycles. The van der Waals surface area contributed by atoms with Gasteiger partial charge in [0.15, 0.2) is 5.13 Å². The van der Waals surface area contributed by atoms with Crippen molar-refractivity contribution in [2.45, 2.75) is 26.3 Å². The van der Waals surface area contributed by atoms with E-state index < -0.39 is 0 Å². The van der Waals surface area contributed by atoms with Gasteiger partial charge in [-0.1, -0.05) is 36.5 Å². The predicted molar refractivity (Wildman–Crippen MR) is 118 cm³/mol. The van der Waals surface area contributed by atoms with Gasteiger partial charge in [0.05, 0.1) is 21.8 Å². The highest BCUT2D eigenvalue weighted by atomic mass is 32.1. The first-order valence-electron chi connectivity index (χ1n) is 9.48. The minimum absolute atomic E-state index is 0.0709. The van der Waals surface area contributed by atoms with Crippen LogP contribution in [0.25, 0.3) is 21.0 Å². The minimum Gasteiger partial charge on any atom is -0.324 e. The minimum atomic E-state index is -0.361. The van der Waals surface area contributed by atoms with Crippen LogP contribution in [0, 0.1) is 0 Å². The zero-order valence-electron chi connectivity index (χ0n) is 16.2. The first kappa shape index (κ1) is 19.7.